The van der Waals surface area contributed by atoms with Gasteiger partial charge in [-0.3, -0.25) is 4.79 Å². The van der Waals surface area contributed by atoms with E-state index in [1.54, 1.807) is 5.32 Å². The Bertz CT molecular complexity index is 331. The average Bonchev–Trinajstić information content (AvgIpc) is 2.07. The zero-order valence-electron chi connectivity index (χ0n) is 9.40. The minimum absolute atomic E-state index is 0.168. The molecule has 0 aromatic carbocycles. The Hall–Kier alpha value is -1.22. The lowest BCUT2D eigenvalue weighted by molar-refractivity contribution is -0.173. The van der Waals surface area contributed by atoms with Crippen molar-refractivity contribution in [2.24, 2.45) is 0 Å². The van der Waals surface area contributed by atoms with Crippen molar-refractivity contribution in [3.8, 4) is 11.5 Å². The highest BCUT2D eigenvalue weighted by Gasteiger charge is 2.37. The molecule has 0 unspecified atom stereocenters. The summed E-state index contributed by atoms with van der Waals surface area (Å²) in [6.07, 6.45) is -1.98. The Morgan fingerprint density at radius 2 is 1.94 bits per heavy atom. The van der Waals surface area contributed by atoms with Crippen molar-refractivity contribution in [2.45, 2.75) is 25.8 Å². The highest BCUT2D eigenvalue weighted by Crippen LogP contribution is 2.13. The number of nitrogens with one attached hydrogen (secondary N) is 1. The van der Waals surface area contributed by atoms with Crippen molar-refractivity contribution in [2.75, 3.05) is 6.54 Å². The highest BCUT2D eigenvalue weighted by atomic mass is 28.3. The van der Waals surface area contributed by atoms with E-state index in [9.17, 15) is 18.0 Å². The molecule has 0 rings (SSSR count). The van der Waals surface area contributed by atoms with Crippen LogP contribution in [0.25, 0.3) is 0 Å². The third-order valence-corrected chi connectivity index (χ3v) is 2.18. The van der Waals surface area contributed by atoms with E-state index in [4.69, 9.17) is 0 Å². The molecule has 0 aliphatic carbocycles. The molecule has 0 atom stereocenters. The van der Waals surface area contributed by atoms with Crippen LogP contribution in [-0.4, -0.2) is 26.7 Å². The Balaban J connectivity index is 3.96. The minimum Gasteiger partial charge on any atom is -0.345 e. The molecule has 0 heterocycles. The molecule has 0 aromatic rings. The van der Waals surface area contributed by atoms with Gasteiger partial charge in [0.05, 0.1) is 0 Å². The lowest BCUT2D eigenvalue weighted by Gasteiger charge is -2.04. The topological polar surface area (TPSA) is 29.1 Å². The Morgan fingerprint density at radius 3 is 2.38 bits per heavy atom. The van der Waals surface area contributed by atoms with Crippen LogP contribution in [0, 0.1) is 11.5 Å². The van der Waals surface area contributed by atoms with Gasteiger partial charge in [0.2, 0.25) is 0 Å². The second-order valence-corrected chi connectivity index (χ2v) is 8.88. The SMILES string of the molecule is C[Si](C)(C)C#C/C=C/CNC(=O)C(F)(F)F. The quantitative estimate of drug-likeness (QED) is 0.589. The largest absolute Gasteiger partial charge is 0.471 e. The van der Waals surface area contributed by atoms with E-state index < -0.39 is 20.2 Å². The molecule has 0 aromatic heterocycles. The van der Waals surface area contributed by atoms with Gasteiger partial charge in [-0.1, -0.05) is 31.6 Å². The summed E-state index contributed by atoms with van der Waals surface area (Å²) in [6.45, 7) is 6.00. The van der Waals surface area contributed by atoms with Crippen LogP contribution in [0.3, 0.4) is 0 Å². The lowest BCUT2D eigenvalue weighted by atomic mass is 10.5. The summed E-state index contributed by atoms with van der Waals surface area (Å²) < 4.78 is 35.2. The fourth-order valence-electron chi connectivity index (χ4n) is 0.628. The van der Waals surface area contributed by atoms with Crippen molar-refractivity contribution in [3.63, 3.8) is 0 Å². The lowest BCUT2D eigenvalue weighted by Crippen LogP contribution is -2.36. The predicted octanol–water partition coefficient (Wildman–Crippen LogP) is 2.10. The molecule has 0 saturated carbocycles. The molecule has 0 radical (unpaired) electrons. The van der Waals surface area contributed by atoms with E-state index in [2.05, 4.69) is 31.1 Å². The number of carbonyl (C=O) groups is 1. The molecular formula is C10H14F3NOSi. The number of allylic oxidation sites excluding steroid dienone is 1. The molecule has 0 fully saturated rings. The van der Waals surface area contributed by atoms with E-state index in [1.807, 2.05) is 0 Å². The van der Waals surface area contributed by atoms with Crippen molar-refractivity contribution in [1.82, 2.24) is 5.32 Å². The van der Waals surface area contributed by atoms with E-state index in [0.29, 0.717) is 0 Å². The van der Waals surface area contributed by atoms with Gasteiger partial charge in [0.25, 0.3) is 0 Å². The van der Waals surface area contributed by atoms with E-state index in [1.165, 1.54) is 12.2 Å². The van der Waals surface area contributed by atoms with Gasteiger partial charge in [-0.2, -0.15) is 13.2 Å². The van der Waals surface area contributed by atoms with E-state index >= 15 is 0 Å². The first kappa shape index (κ1) is 14.8. The van der Waals surface area contributed by atoms with Gasteiger partial charge in [0.15, 0.2) is 0 Å². The first-order valence-electron chi connectivity index (χ1n) is 4.65. The Kier molecular flexibility index (Phi) is 5.31. The van der Waals surface area contributed by atoms with Crippen LogP contribution in [-0.2, 0) is 4.79 Å². The second kappa shape index (κ2) is 5.75. The van der Waals surface area contributed by atoms with Crippen LogP contribution in [0.4, 0.5) is 13.2 Å². The van der Waals surface area contributed by atoms with Crippen LogP contribution < -0.4 is 5.32 Å². The summed E-state index contributed by atoms with van der Waals surface area (Å²) in [7, 11) is -1.45. The Labute approximate surface area is 93.9 Å². The smallest absolute Gasteiger partial charge is 0.345 e. The van der Waals surface area contributed by atoms with Crippen LogP contribution in [0.15, 0.2) is 12.2 Å². The minimum atomic E-state index is -4.82. The van der Waals surface area contributed by atoms with Gasteiger partial charge < -0.3 is 5.32 Å². The standard InChI is InChI=1S/C10H14F3NOSi/c1-16(2,3)8-6-4-5-7-14-9(15)10(11,12)13/h4-5H,7H2,1-3H3,(H,14,15)/b5-4+. The average molecular weight is 249 g/mol. The first-order chi connectivity index (χ1) is 7.13. The summed E-state index contributed by atoms with van der Waals surface area (Å²) in [4.78, 5) is 10.4. The van der Waals surface area contributed by atoms with Gasteiger partial charge >= 0.3 is 12.1 Å². The fraction of sp³-hybridized carbons (Fsp3) is 0.500. The number of rotatable bonds is 2. The maximum absolute atomic E-state index is 11.7. The normalized spacial score (nSPS) is 12.1. The van der Waals surface area contributed by atoms with E-state index in [0.717, 1.165) is 0 Å². The van der Waals surface area contributed by atoms with Gasteiger partial charge in [-0.25, -0.2) is 0 Å². The first-order valence-corrected chi connectivity index (χ1v) is 8.15. The molecule has 1 amide bonds. The Morgan fingerprint density at radius 1 is 1.38 bits per heavy atom. The molecule has 6 heteroatoms. The van der Waals surface area contributed by atoms with Gasteiger partial charge in [0, 0.05) is 6.54 Å². The van der Waals surface area contributed by atoms with Crippen molar-refractivity contribution in [3.05, 3.63) is 12.2 Å². The molecule has 0 bridgehead atoms. The number of halogens is 3. The summed E-state index contributed by atoms with van der Waals surface area (Å²) in [5.74, 6) is 0.802. The summed E-state index contributed by atoms with van der Waals surface area (Å²) in [5.41, 5.74) is 3.01. The maximum Gasteiger partial charge on any atom is 0.471 e. The number of amides is 1. The van der Waals surface area contributed by atoms with Crippen LogP contribution in [0.5, 0.6) is 0 Å². The molecule has 16 heavy (non-hydrogen) atoms. The number of alkyl halides is 3. The zero-order chi connectivity index (χ0) is 12.8. The monoisotopic (exact) mass is 249 g/mol. The summed E-state index contributed by atoms with van der Waals surface area (Å²) >= 11 is 0. The van der Waals surface area contributed by atoms with Crippen LogP contribution >= 0.6 is 0 Å². The van der Waals surface area contributed by atoms with Crippen LogP contribution in [0.1, 0.15) is 0 Å². The van der Waals surface area contributed by atoms with Crippen molar-refractivity contribution >= 4 is 14.0 Å². The highest BCUT2D eigenvalue weighted by molar-refractivity contribution is 6.83. The molecule has 0 aliphatic rings. The van der Waals surface area contributed by atoms with Gasteiger partial charge in [-0.15, -0.1) is 5.54 Å². The molecule has 90 valence electrons. The number of carbonyl (C=O) groups excluding carboxylic acids is 1. The molecule has 0 aliphatic heterocycles. The fourth-order valence-corrected chi connectivity index (χ4v) is 1.14. The summed E-state index contributed by atoms with van der Waals surface area (Å²) in [5, 5.41) is 1.71. The second-order valence-electron chi connectivity index (χ2n) is 4.13. The maximum atomic E-state index is 11.7. The van der Waals surface area contributed by atoms with Crippen molar-refractivity contribution in [1.29, 1.82) is 0 Å². The summed E-state index contributed by atoms with van der Waals surface area (Å²) in [6, 6.07) is 0. The molecule has 0 saturated heterocycles. The predicted molar refractivity (Wildman–Crippen MR) is 59.3 cm³/mol. The third-order valence-electron chi connectivity index (χ3n) is 1.29. The van der Waals surface area contributed by atoms with E-state index in [-0.39, 0.29) is 6.54 Å². The number of hydrogen-bond acceptors (Lipinski definition) is 1. The van der Waals surface area contributed by atoms with Crippen LogP contribution in [0.2, 0.25) is 19.6 Å². The van der Waals surface area contributed by atoms with Gasteiger partial charge in [0.1, 0.15) is 8.07 Å². The zero-order valence-corrected chi connectivity index (χ0v) is 10.4. The number of hydrogen-bond donors (Lipinski definition) is 1. The third kappa shape index (κ3) is 8.12. The molecule has 2 nitrogen and oxygen atoms in total. The van der Waals surface area contributed by atoms with Crippen molar-refractivity contribution < 1.29 is 18.0 Å². The molecule has 1 N–H and O–H groups in total. The van der Waals surface area contributed by atoms with Gasteiger partial charge in [-0.05, 0) is 6.08 Å². The molecule has 0 spiro atoms. The molecular weight excluding hydrogens is 235 g/mol.